The molecule has 1 aromatic heterocycles. The maximum absolute atomic E-state index is 12.1. The minimum Gasteiger partial charge on any atom is -0.356 e. The van der Waals surface area contributed by atoms with Crippen LogP contribution in [-0.2, 0) is 0 Å². The molecule has 0 atom stereocenters. The Morgan fingerprint density at radius 3 is 2.67 bits per heavy atom. The number of carbonyl (C=O) groups is 1. The Kier molecular flexibility index (Phi) is 3.28. The molecule has 0 spiro atoms. The number of hydrogen-bond acceptors (Lipinski definition) is 3. The van der Waals surface area contributed by atoms with Gasteiger partial charge in [0, 0.05) is 51.5 Å². The van der Waals surface area contributed by atoms with Gasteiger partial charge in [0.05, 0.1) is 5.02 Å². The highest BCUT2D eigenvalue weighted by Crippen LogP contribution is 2.19. The Morgan fingerprint density at radius 1 is 1.33 bits per heavy atom. The third-order valence-corrected chi connectivity index (χ3v) is 3.91. The molecule has 0 bridgehead atoms. The maximum Gasteiger partial charge on any atom is 0.270 e. The molecule has 98 valence electrons. The van der Waals surface area contributed by atoms with E-state index in [0.29, 0.717) is 16.8 Å². The summed E-state index contributed by atoms with van der Waals surface area (Å²) in [6.45, 7) is 5.93. The summed E-state index contributed by atoms with van der Waals surface area (Å²) in [5.41, 5.74) is 0.582. The van der Waals surface area contributed by atoms with Gasteiger partial charge in [0.15, 0.2) is 0 Å². The molecule has 1 aromatic rings. The summed E-state index contributed by atoms with van der Waals surface area (Å²) in [6.07, 6.45) is 1.64. The number of halogens is 1. The van der Waals surface area contributed by atoms with Gasteiger partial charge in [-0.1, -0.05) is 11.6 Å². The molecule has 6 heteroatoms. The topological polar surface area (TPSA) is 51.4 Å². The van der Waals surface area contributed by atoms with Crippen molar-refractivity contribution in [2.75, 3.05) is 39.3 Å². The lowest BCUT2D eigenvalue weighted by atomic mass is 10.1. The molecule has 0 unspecified atom stereocenters. The Balaban J connectivity index is 1.53. The Labute approximate surface area is 111 Å². The SMILES string of the molecule is O=C(c1cc(Cl)c[nH]1)N1CC(N2CCNCC2)C1. The van der Waals surface area contributed by atoms with Crippen molar-refractivity contribution in [1.82, 2.24) is 20.1 Å². The van der Waals surface area contributed by atoms with Crippen LogP contribution >= 0.6 is 11.6 Å². The van der Waals surface area contributed by atoms with Crippen molar-refractivity contribution >= 4 is 17.5 Å². The number of aromatic amines is 1. The summed E-state index contributed by atoms with van der Waals surface area (Å²) < 4.78 is 0. The molecule has 5 nitrogen and oxygen atoms in total. The number of carbonyl (C=O) groups excluding carboxylic acids is 1. The van der Waals surface area contributed by atoms with E-state index in [0.717, 1.165) is 39.3 Å². The third kappa shape index (κ3) is 2.25. The van der Waals surface area contributed by atoms with Gasteiger partial charge >= 0.3 is 0 Å². The smallest absolute Gasteiger partial charge is 0.270 e. The predicted octanol–water partition coefficient (Wildman–Crippen LogP) is 0.398. The van der Waals surface area contributed by atoms with Crippen LogP contribution < -0.4 is 5.32 Å². The molecule has 0 aliphatic carbocycles. The van der Waals surface area contributed by atoms with Gasteiger partial charge in [-0.05, 0) is 6.07 Å². The summed E-state index contributed by atoms with van der Waals surface area (Å²) in [7, 11) is 0. The van der Waals surface area contributed by atoms with Crippen molar-refractivity contribution < 1.29 is 4.79 Å². The zero-order valence-electron chi connectivity index (χ0n) is 10.2. The Bertz CT molecular complexity index is 435. The summed E-state index contributed by atoms with van der Waals surface area (Å²) in [4.78, 5) is 19.3. The Hall–Kier alpha value is -1.04. The van der Waals surface area contributed by atoms with Crippen molar-refractivity contribution in [2.45, 2.75) is 6.04 Å². The largest absolute Gasteiger partial charge is 0.356 e. The second-order valence-electron chi connectivity index (χ2n) is 4.88. The number of rotatable bonds is 2. The molecular weight excluding hydrogens is 252 g/mol. The van der Waals surface area contributed by atoms with Crippen LogP contribution in [0.25, 0.3) is 0 Å². The number of aromatic nitrogens is 1. The lowest BCUT2D eigenvalue weighted by Gasteiger charge is -2.46. The van der Waals surface area contributed by atoms with Gasteiger partial charge in [-0.25, -0.2) is 0 Å². The van der Waals surface area contributed by atoms with Gasteiger partial charge in [0.2, 0.25) is 0 Å². The molecule has 0 radical (unpaired) electrons. The van der Waals surface area contributed by atoms with Crippen molar-refractivity contribution in [1.29, 1.82) is 0 Å². The van der Waals surface area contributed by atoms with E-state index in [1.807, 2.05) is 4.90 Å². The minimum atomic E-state index is 0.0493. The lowest BCUT2D eigenvalue weighted by molar-refractivity contribution is 0.0223. The highest BCUT2D eigenvalue weighted by molar-refractivity contribution is 6.30. The number of piperazine rings is 1. The molecule has 2 aliphatic heterocycles. The first-order valence-electron chi connectivity index (χ1n) is 6.32. The van der Waals surface area contributed by atoms with E-state index in [1.165, 1.54) is 0 Å². The number of H-pyrrole nitrogens is 1. The van der Waals surface area contributed by atoms with Crippen molar-refractivity contribution in [3.05, 3.63) is 23.0 Å². The van der Waals surface area contributed by atoms with Crippen LogP contribution in [0.3, 0.4) is 0 Å². The van der Waals surface area contributed by atoms with Gasteiger partial charge < -0.3 is 15.2 Å². The quantitative estimate of drug-likeness (QED) is 0.816. The minimum absolute atomic E-state index is 0.0493. The van der Waals surface area contributed by atoms with E-state index in [-0.39, 0.29) is 5.91 Å². The van der Waals surface area contributed by atoms with Crippen LogP contribution in [-0.4, -0.2) is 66.0 Å². The lowest BCUT2D eigenvalue weighted by Crippen LogP contribution is -2.63. The van der Waals surface area contributed by atoms with E-state index in [4.69, 9.17) is 11.6 Å². The summed E-state index contributed by atoms with van der Waals surface area (Å²) in [5.74, 6) is 0.0493. The first-order valence-corrected chi connectivity index (χ1v) is 6.70. The third-order valence-electron chi connectivity index (χ3n) is 3.70. The van der Waals surface area contributed by atoms with E-state index >= 15 is 0 Å². The average Bonchev–Trinajstić information content (AvgIpc) is 2.75. The predicted molar refractivity (Wildman–Crippen MR) is 69.9 cm³/mol. The summed E-state index contributed by atoms with van der Waals surface area (Å²) >= 11 is 5.80. The molecule has 3 rings (SSSR count). The van der Waals surface area contributed by atoms with Crippen molar-refractivity contribution in [3.8, 4) is 0 Å². The highest BCUT2D eigenvalue weighted by atomic mass is 35.5. The number of nitrogens with one attached hydrogen (secondary N) is 2. The molecule has 0 saturated carbocycles. The summed E-state index contributed by atoms with van der Waals surface area (Å²) in [6, 6.07) is 2.21. The second-order valence-corrected chi connectivity index (χ2v) is 5.32. The molecule has 1 amide bonds. The first kappa shape index (κ1) is 12.0. The molecule has 2 N–H and O–H groups in total. The second kappa shape index (κ2) is 4.91. The maximum atomic E-state index is 12.1. The highest BCUT2D eigenvalue weighted by Gasteiger charge is 2.35. The summed E-state index contributed by atoms with van der Waals surface area (Å²) in [5, 5.41) is 3.92. The van der Waals surface area contributed by atoms with Crippen molar-refractivity contribution in [3.63, 3.8) is 0 Å². The molecule has 18 heavy (non-hydrogen) atoms. The Morgan fingerprint density at radius 2 is 2.06 bits per heavy atom. The zero-order valence-corrected chi connectivity index (χ0v) is 10.9. The van der Waals surface area contributed by atoms with Crippen LogP contribution in [0.1, 0.15) is 10.5 Å². The van der Waals surface area contributed by atoms with Gasteiger partial charge in [-0.2, -0.15) is 0 Å². The molecule has 2 saturated heterocycles. The van der Waals surface area contributed by atoms with Crippen LogP contribution in [0.4, 0.5) is 0 Å². The van der Waals surface area contributed by atoms with E-state index < -0.39 is 0 Å². The van der Waals surface area contributed by atoms with Crippen LogP contribution in [0.5, 0.6) is 0 Å². The van der Waals surface area contributed by atoms with E-state index in [9.17, 15) is 4.79 Å². The zero-order chi connectivity index (χ0) is 12.5. The molecular formula is C12H17ClN4O. The van der Waals surface area contributed by atoms with E-state index in [2.05, 4.69) is 15.2 Å². The average molecular weight is 269 g/mol. The van der Waals surface area contributed by atoms with Crippen LogP contribution in [0, 0.1) is 0 Å². The number of nitrogens with zero attached hydrogens (tertiary/aromatic N) is 2. The fourth-order valence-electron chi connectivity index (χ4n) is 2.56. The fourth-order valence-corrected chi connectivity index (χ4v) is 2.72. The molecule has 3 heterocycles. The molecule has 0 aromatic carbocycles. The van der Waals surface area contributed by atoms with Gasteiger partial charge in [-0.15, -0.1) is 0 Å². The normalized spacial score (nSPS) is 21.9. The van der Waals surface area contributed by atoms with Crippen molar-refractivity contribution in [2.24, 2.45) is 0 Å². The van der Waals surface area contributed by atoms with Gasteiger partial charge in [-0.3, -0.25) is 9.69 Å². The number of hydrogen-bond donors (Lipinski definition) is 2. The number of amides is 1. The van der Waals surface area contributed by atoms with Gasteiger partial charge in [0.1, 0.15) is 5.69 Å². The monoisotopic (exact) mass is 268 g/mol. The van der Waals surface area contributed by atoms with E-state index in [1.54, 1.807) is 12.3 Å². The standard InChI is InChI=1S/C12H17ClN4O/c13-9-5-11(15-6-9)12(18)17-7-10(8-17)16-3-1-14-2-4-16/h5-6,10,14-15H,1-4,7-8H2. The first-order chi connectivity index (χ1) is 8.74. The van der Waals surface area contributed by atoms with Gasteiger partial charge in [0.25, 0.3) is 5.91 Å². The van der Waals surface area contributed by atoms with Crippen LogP contribution in [0.15, 0.2) is 12.3 Å². The number of likely N-dealkylation sites (tertiary alicyclic amines) is 1. The van der Waals surface area contributed by atoms with Crippen LogP contribution in [0.2, 0.25) is 5.02 Å². The molecule has 2 fully saturated rings. The fraction of sp³-hybridized carbons (Fsp3) is 0.583. The molecule has 2 aliphatic rings.